The first-order valence-corrected chi connectivity index (χ1v) is 6.76. The van der Waals surface area contributed by atoms with Gasteiger partial charge in [-0.25, -0.2) is 4.39 Å². The van der Waals surface area contributed by atoms with Crippen LogP contribution in [0.4, 0.5) is 10.1 Å². The van der Waals surface area contributed by atoms with Crippen LogP contribution in [0.1, 0.15) is 10.4 Å². The molecule has 0 atom stereocenters. The van der Waals surface area contributed by atoms with E-state index in [4.69, 9.17) is 0 Å². The molecule has 2 N–H and O–H groups in total. The van der Waals surface area contributed by atoms with Gasteiger partial charge >= 0.3 is 0 Å². The first-order valence-electron chi connectivity index (χ1n) is 5.97. The van der Waals surface area contributed by atoms with E-state index in [1.54, 1.807) is 24.4 Å². The van der Waals surface area contributed by atoms with Crippen LogP contribution >= 0.6 is 15.9 Å². The zero-order valence-electron chi connectivity index (χ0n) is 10.3. The number of aromatic nitrogens is 1. The largest absolute Gasteiger partial charge is 0.361 e. The highest BCUT2D eigenvalue weighted by atomic mass is 79.9. The zero-order valence-corrected chi connectivity index (χ0v) is 11.9. The zero-order chi connectivity index (χ0) is 14.1. The second-order valence-corrected chi connectivity index (χ2v) is 5.27. The molecule has 0 saturated carbocycles. The molecule has 0 aliphatic rings. The number of nitrogens with one attached hydrogen (secondary N) is 2. The second kappa shape index (κ2) is 5.09. The van der Waals surface area contributed by atoms with E-state index in [1.807, 2.05) is 12.1 Å². The number of carbonyl (C=O) groups excluding carboxylic acids is 1. The Labute approximate surface area is 122 Å². The molecule has 0 spiro atoms. The molecule has 0 radical (unpaired) electrons. The average Bonchev–Trinajstić information content (AvgIpc) is 2.90. The maximum absolute atomic E-state index is 13.6. The Morgan fingerprint density at radius 1 is 1.15 bits per heavy atom. The summed E-state index contributed by atoms with van der Waals surface area (Å²) in [4.78, 5) is 15.2. The molecular formula is C15H10BrFN2O. The molecule has 0 bridgehead atoms. The molecule has 20 heavy (non-hydrogen) atoms. The molecular weight excluding hydrogens is 323 g/mol. The first-order chi connectivity index (χ1) is 9.63. The quantitative estimate of drug-likeness (QED) is 0.721. The Kier molecular flexibility index (Phi) is 3.28. The van der Waals surface area contributed by atoms with E-state index in [0.717, 1.165) is 10.9 Å². The van der Waals surface area contributed by atoms with Gasteiger partial charge in [-0.05, 0) is 42.5 Å². The summed E-state index contributed by atoms with van der Waals surface area (Å²) in [5, 5.41) is 3.51. The number of H-pyrrole nitrogens is 1. The van der Waals surface area contributed by atoms with Crippen LogP contribution in [-0.4, -0.2) is 10.9 Å². The Hall–Kier alpha value is -2.14. The highest BCUT2D eigenvalue weighted by Crippen LogP contribution is 2.21. The number of anilines is 1. The lowest BCUT2D eigenvalue weighted by molar-refractivity contribution is 0.102. The maximum atomic E-state index is 13.6. The van der Waals surface area contributed by atoms with Gasteiger partial charge in [-0.15, -0.1) is 0 Å². The molecule has 5 heteroatoms. The third kappa shape index (κ3) is 2.44. The van der Waals surface area contributed by atoms with Gasteiger partial charge in [0.1, 0.15) is 5.82 Å². The summed E-state index contributed by atoms with van der Waals surface area (Å²) in [7, 11) is 0. The lowest BCUT2D eigenvalue weighted by Gasteiger charge is -2.07. The lowest BCUT2D eigenvalue weighted by atomic mass is 10.1. The van der Waals surface area contributed by atoms with Gasteiger partial charge in [-0.3, -0.25) is 4.79 Å². The third-order valence-electron chi connectivity index (χ3n) is 2.99. The molecule has 0 aliphatic carbocycles. The number of amides is 1. The van der Waals surface area contributed by atoms with Crippen molar-refractivity contribution in [2.45, 2.75) is 0 Å². The summed E-state index contributed by atoms with van der Waals surface area (Å²) in [6.07, 6.45) is 1.81. The van der Waals surface area contributed by atoms with Crippen molar-refractivity contribution in [2.75, 3.05) is 5.32 Å². The molecule has 1 heterocycles. The van der Waals surface area contributed by atoms with E-state index in [-0.39, 0.29) is 11.6 Å². The molecule has 0 saturated heterocycles. The van der Waals surface area contributed by atoms with E-state index in [9.17, 15) is 9.18 Å². The molecule has 1 aromatic heterocycles. The Bertz CT molecular complexity index is 797. The number of fused-ring (bicyclic) bond motifs is 1. The number of hydrogen-bond acceptors (Lipinski definition) is 1. The van der Waals surface area contributed by atoms with E-state index in [1.165, 1.54) is 12.1 Å². The molecule has 3 nitrogen and oxygen atoms in total. The number of halogens is 2. The molecule has 100 valence electrons. The minimum absolute atomic E-state index is 0.151. The van der Waals surface area contributed by atoms with Crippen molar-refractivity contribution in [2.24, 2.45) is 0 Å². The van der Waals surface area contributed by atoms with Crippen LogP contribution in [0.2, 0.25) is 0 Å². The van der Waals surface area contributed by atoms with Gasteiger partial charge in [0, 0.05) is 27.1 Å². The van der Waals surface area contributed by atoms with Crippen LogP contribution < -0.4 is 5.32 Å². The topological polar surface area (TPSA) is 44.9 Å². The number of hydrogen-bond donors (Lipinski definition) is 2. The maximum Gasteiger partial charge on any atom is 0.255 e. The van der Waals surface area contributed by atoms with Gasteiger partial charge in [-0.2, -0.15) is 0 Å². The van der Waals surface area contributed by atoms with Crippen molar-refractivity contribution >= 4 is 38.4 Å². The minimum Gasteiger partial charge on any atom is -0.361 e. The normalized spacial score (nSPS) is 10.7. The van der Waals surface area contributed by atoms with E-state index >= 15 is 0 Å². The number of aromatic amines is 1. The summed E-state index contributed by atoms with van der Waals surface area (Å²) in [6, 6.07) is 11.6. The van der Waals surface area contributed by atoms with Crippen molar-refractivity contribution in [1.29, 1.82) is 0 Å². The molecule has 0 fully saturated rings. The van der Waals surface area contributed by atoms with Crippen LogP contribution in [-0.2, 0) is 0 Å². The van der Waals surface area contributed by atoms with Gasteiger partial charge in [0.05, 0.1) is 5.69 Å². The standard InChI is InChI=1S/C15H10BrFN2O/c16-11-2-3-12(17)14(8-11)19-15(20)10-1-4-13-9(7-10)5-6-18-13/h1-8,18H,(H,19,20). The second-order valence-electron chi connectivity index (χ2n) is 4.36. The van der Waals surface area contributed by atoms with E-state index in [0.29, 0.717) is 10.0 Å². The minimum atomic E-state index is -0.468. The van der Waals surface area contributed by atoms with Crippen molar-refractivity contribution in [3.63, 3.8) is 0 Å². The van der Waals surface area contributed by atoms with E-state index < -0.39 is 5.82 Å². The SMILES string of the molecule is O=C(Nc1cc(Br)ccc1F)c1ccc2[nH]ccc2c1. The fourth-order valence-corrected chi connectivity index (χ4v) is 2.34. The van der Waals surface area contributed by atoms with Crippen LogP contribution in [0, 0.1) is 5.82 Å². The Morgan fingerprint density at radius 3 is 2.85 bits per heavy atom. The highest BCUT2D eigenvalue weighted by Gasteiger charge is 2.10. The van der Waals surface area contributed by atoms with Crippen LogP contribution in [0.3, 0.4) is 0 Å². The third-order valence-corrected chi connectivity index (χ3v) is 3.49. The predicted octanol–water partition coefficient (Wildman–Crippen LogP) is 4.32. The van der Waals surface area contributed by atoms with Crippen LogP contribution in [0.5, 0.6) is 0 Å². The fraction of sp³-hybridized carbons (Fsp3) is 0. The van der Waals surface area contributed by atoms with Gasteiger partial charge < -0.3 is 10.3 Å². The molecule has 3 rings (SSSR count). The smallest absolute Gasteiger partial charge is 0.255 e. The summed E-state index contributed by atoms with van der Waals surface area (Å²) < 4.78 is 14.3. The van der Waals surface area contributed by atoms with Crippen molar-refractivity contribution in [3.8, 4) is 0 Å². The molecule has 0 unspecified atom stereocenters. The Balaban J connectivity index is 1.90. The molecule has 2 aromatic carbocycles. The van der Waals surface area contributed by atoms with Crippen molar-refractivity contribution < 1.29 is 9.18 Å². The Morgan fingerprint density at radius 2 is 2.00 bits per heavy atom. The summed E-state index contributed by atoms with van der Waals surface area (Å²) >= 11 is 3.25. The van der Waals surface area contributed by atoms with Crippen LogP contribution in [0.25, 0.3) is 10.9 Å². The van der Waals surface area contributed by atoms with Crippen molar-refractivity contribution in [1.82, 2.24) is 4.98 Å². The summed E-state index contributed by atoms with van der Waals surface area (Å²) in [5.41, 5.74) is 1.59. The predicted molar refractivity (Wildman–Crippen MR) is 80.4 cm³/mol. The molecule has 0 aliphatic heterocycles. The monoisotopic (exact) mass is 332 g/mol. The van der Waals surface area contributed by atoms with Gasteiger partial charge in [0.2, 0.25) is 0 Å². The number of benzene rings is 2. The number of carbonyl (C=O) groups is 1. The van der Waals surface area contributed by atoms with E-state index in [2.05, 4.69) is 26.2 Å². The van der Waals surface area contributed by atoms with Crippen LogP contribution in [0.15, 0.2) is 53.1 Å². The summed E-state index contributed by atoms with van der Waals surface area (Å²) in [5.74, 6) is -0.811. The fourth-order valence-electron chi connectivity index (χ4n) is 1.98. The lowest BCUT2D eigenvalue weighted by Crippen LogP contribution is -2.12. The van der Waals surface area contributed by atoms with Gasteiger partial charge in [0.15, 0.2) is 0 Å². The average molecular weight is 333 g/mol. The highest BCUT2D eigenvalue weighted by molar-refractivity contribution is 9.10. The van der Waals surface area contributed by atoms with Crippen molar-refractivity contribution in [3.05, 3.63) is 64.5 Å². The first kappa shape index (κ1) is 12.9. The van der Waals surface area contributed by atoms with Gasteiger partial charge in [-0.1, -0.05) is 15.9 Å². The molecule has 3 aromatic rings. The molecule has 1 amide bonds. The number of rotatable bonds is 2. The summed E-state index contributed by atoms with van der Waals surface area (Å²) in [6.45, 7) is 0. The van der Waals surface area contributed by atoms with Gasteiger partial charge in [0.25, 0.3) is 5.91 Å².